The lowest BCUT2D eigenvalue weighted by molar-refractivity contribution is 0.0996. The van der Waals surface area contributed by atoms with Gasteiger partial charge in [0.25, 0.3) is 5.91 Å². The molecule has 0 fully saturated rings. The van der Waals surface area contributed by atoms with E-state index in [0.717, 1.165) is 0 Å². The van der Waals surface area contributed by atoms with Gasteiger partial charge in [-0.25, -0.2) is 0 Å². The standard InChI is InChI=1S/C20H12Cl3NO2/c21-13-7-5-12(6-8-13)19(25)15-3-1-2-4-16(15)20(26)24-18-11-14(22)9-10-17(18)23/h1-11H,(H,24,26). The Labute approximate surface area is 165 Å². The van der Waals surface area contributed by atoms with E-state index in [1.54, 1.807) is 66.7 Å². The second kappa shape index (κ2) is 7.92. The van der Waals surface area contributed by atoms with Crippen molar-refractivity contribution in [3.05, 3.63) is 98.5 Å². The van der Waals surface area contributed by atoms with Crippen molar-refractivity contribution in [2.24, 2.45) is 0 Å². The van der Waals surface area contributed by atoms with Crippen LogP contribution in [0, 0.1) is 0 Å². The van der Waals surface area contributed by atoms with Gasteiger partial charge in [0, 0.05) is 21.2 Å². The predicted molar refractivity (Wildman–Crippen MR) is 106 cm³/mol. The Bertz CT molecular complexity index is 985. The zero-order valence-corrected chi connectivity index (χ0v) is 15.6. The molecule has 1 N–H and O–H groups in total. The van der Waals surface area contributed by atoms with Crippen LogP contribution in [0.1, 0.15) is 26.3 Å². The maximum absolute atomic E-state index is 12.8. The number of ketones is 1. The largest absolute Gasteiger partial charge is 0.321 e. The van der Waals surface area contributed by atoms with Gasteiger partial charge < -0.3 is 5.32 Å². The summed E-state index contributed by atoms with van der Waals surface area (Å²) < 4.78 is 0. The van der Waals surface area contributed by atoms with E-state index < -0.39 is 5.91 Å². The average Bonchev–Trinajstić information content (AvgIpc) is 2.64. The van der Waals surface area contributed by atoms with Crippen molar-refractivity contribution in [1.82, 2.24) is 0 Å². The van der Waals surface area contributed by atoms with E-state index in [4.69, 9.17) is 34.8 Å². The summed E-state index contributed by atoms with van der Waals surface area (Å²) in [6, 6.07) is 17.8. The fraction of sp³-hybridized carbons (Fsp3) is 0. The van der Waals surface area contributed by atoms with Gasteiger partial charge in [0.1, 0.15) is 0 Å². The summed E-state index contributed by atoms with van der Waals surface area (Å²) in [5.41, 5.74) is 1.34. The van der Waals surface area contributed by atoms with Crippen molar-refractivity contribution in [3.63, 3.8) is 0 Å². The highest BCUT2D eigenvalue weighted by Crippen LogP contribution is 2.26. The monoisotopic (exact) mass is 403 g/mol. The van der Waals surface area contributed by atoms with Crippen LogP contribution in [-0.2, 0) is 0 Å². The van der Waals surface area contributed by atoms with Crippen LogP contribution in [0.2, 0.25) is 15.1 Å². The molecule has 3 nitrogen and oxygen atoms in total. The average molecular weight is 405 g/mol. The van der Waals surface area contributed by atoms with Gasteiger partial charge in [0.05, 0.1) is 16.3 Å². The van der Waals surface area contributed by atoms with Crippen LogP contribution >= 0.6 is 34.8 Å². The van der Waals surface area contributed by atoms with Crippen molar-refractivity contribution >= 4 is 52.2 Å². The lowest BCUT2D eigenvalue weighted by atomic mass is 9.98. The molecule has 3 aromatic carbocycles. The van der Waals surface area contributed by atoms with Crippen LogP contribution in [0.5, 0.6) is 0 Å². The van der Waals surface area contributed by atoms with Crippen LogP contribution < -0.4 is 5.32 Å². The quantitative estimate of drug-likeness (QED) is 0.532. The molecule has 1 amide bonds. The van der Waals surface area contributed by atoms with Gasteiger partial charge in [-0.1, -0.05) is 53.0 Å². The van der Waals surface area contributed by atoms with Crippen molar-refractivity contribution < 1.29 is 9.59 Å². The number of anilines is 1. The molecule has 26 heavy (non-hydrogen) atoms. The third-order valence-corrected chi connectivity index (χ3v) is 4.52. The molecule has 0 aromatic heterocycles. The molecule has 0 aliphatic carbocycles. The number of hydrogen-bond acceptors (Lipinski definition) is 2. The number of benzene rings is 3. The van der Waals surface area contributed by atoms with Gasteiger partial charge in [-0.3, -0.25) is 9.59 Å². The molecule has 6 heteroatoms. The summed E-state index contributed by atoms with van der Waals surface area (Å²) in [5.74, 6) is -0.725. The minimum Gasteiger partial charge on any atom is -0.321 e. The summed E-state index contributed by atoms with van der Waals surface area (Å²) in [6.45, 7) is 0. The zero-order valence-electron chi connectivity index (χ0n) is 13.3. The third-order valence-electron chi connectivity index (χ3n) is 3.70. The van der Waals surface area contributed by atoms with Crippen LogP contribution in [0.4, 0.5) is 5.69 Å². The van der Waals surface area contributed by atoms with Crippen molar-refractivity contribution in [2.75, 3.05) is 5.32 Å². The second-order valence-electron chi connectivity index (χ2n) is 5.46. The molecule has 0 heterocycles. The fourth-order valence-corrected chi connectivity index (χ4v) is 2.88. The highest BCUT2D eigenvalue weighted by atomic mass is 35.5. The molecule has 0 unspecified atom stereocenters. The highest BCUT2D eigenvalue weighted by molar-refractivity contribution is 6.36. The Hall–Kier alpha value is -2.33. The highest BCUT2D eigenvalue weighted by Gasteiger charge is 2.19. The summed E-state index contributed by atoms with van der Waals surface area (Å²) in [5, 5.41) is 4.02. The number of carbonyl (C=O) groups is 2. The lowest BCUT2D eigenvalue weighted by Gasteiger charge is -2.11. The molecule has 0 aliphatic rings. The van der Waals surface area contributed by atoms with Gasteiger partial charge in [-0.05, 0) is 48.5 Å². The maximum Gasteiger partial charge on any atom is 0.256 e. The second-order valence-corrected chi connectivity index (χ2v) is 6.74. The molecule has 3 aromatic rings. The van der Waals surface area contributed by atoms with Crippen LogP contribution in [0.15, 0.2) is 66.7 Å². The van der Waals surface area contributed by atoms with Gasteiger partial charge in [-0.15, -0.1) is 0 Å². The van der Waals surface area contributed by atoms with E-state index in [1.165, 1.54) is 0 Å². The maximum atomic E-state index is 12.8. The molecule has 0 spiro atoms. The first-order valence-corrected chi connectivity index (χ1v) is 8.75. The van der Waals surface area contributed by atoms with Gasteiger partial charge in [0.2, 0.25) is 0 Å². The van der Waals surface area contributed by atoms with Gasteiger partial charge >= 0.3 is 0 Å². The molecule has 0 saturated carbocycles. The smallest absolute Gasteiger partial charge is 0.256 e. The number of rotatable bonds is 4. The van der Waals surface area contributed by atoms with E-state index in [2.05, 4.69) is 5.32 Å². The minimum absolute atomic E-state index is 0.239. The predicted octanol–water partition coefficient (Wildman–Crippen LogP) is 6.13. The number of nitrogens with one attached hydrogen (secondary N) is 1. The molecule has 0 atom stereocenters. The molecule has 0 saturated heterocycles. The Morgan fingerprint density at radius 3 is 2.04 bits per heavy atom. The Balaban J connectivity index is 1.93. The van der Waals surface area contributed by atoms with E-state index in [9.17, 15) is 9.59 Å². The van der Waals surface area contributed by atoms with E-state index in [0.29, 0.717) is 26.3 Å². The van der Waals surface area contributed by atoms with E-state index >= 15 is 0 Å². The van der Waals surface area contributed by atoms with Crippen molar-refractivity contribution in [1.29, 1.82) is 0 Å². The minimum atomic E-state index is -0.452. The summed E-state index contributed by atoms with van der Waals surface area (Å²) >= 11 is 17.9. The van der Waals surface area contributed by atoms with Gasteiger partial charge in [0.15, 0.2) is 5.78 Å². The van der Waals surface area contributed by atoms with Crippen molar-refractivity contribution in [2.45, 2.75) is 0 Å². The van der Waals surface area contributed by atoms with Gasteiger partial charge in [-0.2, -0.15) is 0 Å². The first-order valence-electron chi connectivity index (χ1n) is 7.61. The molecule has 3 rings (SSSR count). The van der Waals surface area contributed by atoms with Crippen molar-refractivity contribution in [3.8, 4) is 0 Å². The molecular formula is C20H12Cl3NO2. The Kier molecular flexibility index (Phi) is 5.62. The first kappa shape index (κ1) is 18.5. The van der Waals surface area contributed by atoms with E-state index in [1.807, 2.05) is 0 Å². The number of amides is 1. The van der Waals surface area contributed by atoms with Crippen LogP contribution in [0.3, 0.4) is 0 Å². The molecule has 0 radical (unpaired) electrons. The van der Waals surface area contributed by atoms with Crippen LogP contribution in [-0.4, -0.2) is 11.7 Å². The number of carbonyl (C=O) groups excluding carboxylic acids is 2. The topological polar surface area (TPSA) is 46.2 Å². The lowest BCUT2D eigenvalue weighted by Crippen LogP contribution is -2.17. The number of halogens is 3. The Morgan fingerprint density at radius 1 is 0.731 bits per heavy atom. The third kappa shape index (κ3) is 4.07. The normalized spacial score (nSPS) is 10.4. The van der Waals surface area contributed by atoms with E-state index in [-0.39, 0.29) is 16.9 Å². The molecule has 0 aliphatic heterocycles. The SMILES string of the molecule is O=C(Nc1cc(Cl)ccc1Cl)c1ccccc1C(=O)c1ccc(Cl)cc1. The first-order chi connectivity index (χ1) is 12.5. The molecular weight excluding hydrogens is 393 g/mol. The summed E-state index contributed by atoms with van der Waals surface area (Å²) in [7, 11) is 0. The molecule has 130 valence electrons. The zero-order chi connectivity index (χ0) is 18.7. The molecule has 0 bridgehead atoms. The number of hydrogen-bond donors (Lipinski definition) is 1. The summed E-state index contributed by atoms with van der Waals surface area (Å²) in [4.78, 5) is 25.5. The fourth-order valence-electron chi connectivity index (χ4n) is 2.42. The Morgan fingerprint density at radius 2 is 1.35 bits per heavy atom. The summed E-state index contributed by atoms with van der Waals surface area (Å²) in [6.07, 6.45) is 0. The van der Waals surface area contributed by atoms with Crippen LogP contribution in [0.25, 0.3) is 0 Å².